The van der Waals surface area contributed by atoms with Crippen molar-refractivity contribution in [1.82, 2.24) is 0 Å². The molecule has 0 aliphatic heterocycles. The summed E-state index contributed by atoms with van der Waals surface area (Å²) in [5, 5.41) is 0. The molecule has 0 heterocycles. The van der Waals surface area contributed by atoms with Gasteiger partial charge in [-0.3, -0.25) is 0 Å². The van der Waals surface area contributed by atoms with Crippen LogP contribution in [0.15, 0.2) is 23.8 Å². The summed E-state index contributed by atoms with van der Waals surface area (Å²) >= 11 is 0. The molecule has 0 unspecified atom stereocenters. The first kappa shape index (κ1) is 10.5. The Hall–Kier alpha value is -0.520. The van der Waals surface area contributed by atoms with Gasteiger partial charge >= 0.3 is 0 Å². The molecule has 0 rings (SSSR count). The fourth-order valence-corrected chi connectivity index (χ4v) is 1.04. The van der Waals surface area contributed by atoms with Gasteiger partial charge in [0, 0.05) is 0 Å². The minimum Gasteiger partial charge on any atom is -0.0848 e. The highest BCUT2D eigenvalue weighted by Gasteiger charge is 1.88. The second kappa shape index (κ2) is 7.59. The van der Waals surface area contributed by atoms with Crippen molar-refractivity contribution in [3.63, 3.8) is 0 Å². The number of rotatable bonds is 5. The minimum absolute atomic E-state index is 1.14. The quantitative estimate of drug-likeness (QED) is 0.520. The van der Waals surface area contributed by atoms with E-state index >= 15 is 0 Å². The standard InChI is InChI=1S/C11H20/c1-4-7-8-10-11(6-3)9-5-2/h7-8,10H,4-6,9H2,1-3H3/b8-7-,11-10+. The summed E-state index contributed by atoms with van der Waals surface area (Å²) in [7, 11) is 0. The lowest BCUT2D eigenvalue weighted by Crippen LogP contribution is -1.78. The van der Waals surface area contributed by atoms with E-state index in [-0.39, 0.29) is 0 Å². The van der Waals surface area contributed by atoms with Gasteiger partial charge in [0.25, 0.3) is 0 Å². The number of allylic oxidation sites excluding steroid dienone is 4. The Kier molecular flexibility index (Phi) is 7.23. The molecular weight excluding hydrogens is 132 g/mol. The smallest absolute Gasteiger partial charge is 0.0320 e. The highest BCUT2D eigenvalue weighted by Crippen LogP contribution is 2.08. The van der Waals surface area contributed by atoms with Gasteiger partial charge in [0.2, 0.25) is 0 Å². The van der Waals surface area contributed by atoms with Crippen LogP contribution in [0.5, 0.6) is 0 Å². The first-order valence-corrected chi connectivity index (χ1v) is 4.69. The molecule has 0 fully saturated rings. The zero-order valence-corrected chi connectivity index (χ0v) is 8.06. The molecule has 0 aliphatic carbocycles. The van der Waals surface area contributed by atoms with Crippen LogP contribution in [0.3, 0.4) is 0 Å². The van der Waals surface area contributed by atoms with Crippen molar-refractivity contribution in [2.45, 2.75) is 46.5 Å². The van der Waals surface area contributed by atoms with Gasteiger partial charge in [-0.1, -0.05) is 51.0 Å². The van der Waals surface area contributed by atoms with Crippen molar-refractivity contribution in [3.05, 3.63) is 23.8 Å². The summed E-state index contributed by atoms with van der Waals surface area (Å²) in [5.74, 6) is 0. The topological polar surface area (TPSA) is 0 Å². The van der Waals surface area contributed by atoms with Crippen LogP contribution in [-0.4, -0.2) is 0 Å². The molecule has 0 radical (unpaired) electrons. The second-order valence-electron chi connectivity index (χ2n) is 2.76. The molecule has 0 nitrogen and oxygen atoms in total. The summed E-state index contributed by atoms with van der Waals surface area (Å²) in [6, 6.07) is 0. The molecule has 11 heavy (non-hydrogen) atoms. The molecule has 0 saturated carbocycles. The van der Waals surface area contributed by atoms with Crippen molar-refractivity contribution in [2.75, 3.05) is 0 Å². The fourth-order valence-electron chi connectivity index (χ4n) is 1.04. The Labute approximate surface area is 71.0 Å². The number of hydrogen-bond acceptors (Lipinski definition) is 0. The SMILES string of the molecule is CC/C=C\C=C(/CC)CCC. The summed E-state index contributed by atoms with van der Waals surface area (Å²) in [5.41, 5.74) is 1.57. The molecule has 0 spiro atoms. The van der Waals surface area contributed by atoms with Crippen molar-refractivity contribution < 1.29 is 0 Å². The van der Waals surface area contributed by atoms with Gasteiger partial charge in [0.15, 0.2) is 0 Å². The lowest BCUT2D eigenvalue weighted by Gasteiger charge is -1.98. The van der Waals surface area contributed by atoms with Crippen LogP contribution in [0.2, 0.25) is 0 Å². The van der Waals surface area contributed by atoms with E-state index in [4.69, 9.17) is 0 Å². The Balaban J connectivity index is 3.79. The molecule has 0 amide bonds. The maximum Gasteiger partial charge on any atom is -0.0320 e. The van der Waals surface area contributed by atoms with Crippen LogP contribution in [0.4, 0.5) is 0 Å². The molecular formula is C11H20. The van der Waals surface area contributed by atoms with E-state index in [0.29, 0.717) is 0 Å². The predicted octanol–water partition coefficient (Wildman–Crippen LogP) is 4.09. The van der Waals surface area contributed by atoms with Crippen LogP contribution in [0.25, 0.3) is 0 Å². The average molecular weight is 152 g/mol. The molecule has 0 aromatic carbocycles. The van der Waals surface area contributed by atoms with Crippen LogP contribution in [0.1, 0.15) is 46.5 Å². The van der Waals surface area contributed by atoms with E-state index in [2.05, 4.69) is 39.0 Å². The maximum atomic E-state index is 2.26. The van der Waals surface area contributed by atoms with Gasteiger partial charge in [0.05, 0.1) is 0 Å². The van der Waals surface area contributed by atoms with E-state index in [0.717, 1.165) is 6.42 Å². The molecule has 0 saturated heterocycles. The first-order valence-electron chi connectivity index (χ1n) is 4.69. The van der Waals surface area contributed by atoms with Crippen LogP contribution >= 0.6 is 0 Å². The van der Waals surface area contributed by atoms with E-state index < -0.39 is 0 Å². The Morgan fingerprint density at radius 3 is 2.36 bits per heavy atom. The second-order valence-corrected chi connectivity index (χ2v) is 2.76. The summed E-state index contributed by atoms with van der Waals surface area (Å²) in [4.78, 5) is 0. The molecule has 0 aromatic heterocycles. The Morgan fingerprint density at radius 1 is 1.18 bits per heavy atom. The lowest BCUT2D eigenvalue weighted by molar-refractivity contribution is 0.859. The molecule has 0 N–H and O–H groups in total. The Morgan fingerprint density at radius 2 is 1.91 bits per heavy atom. The van der Waals surface area contributed by atoms with Gasteiger partial charge in [-0.15, -0.1) is 0 Å². The van der Waals surface area contributed by atoms with Crippen molar-refractivity contribution in [1.29, 1.82) is 0 Å². The van der Waals surface area contributed by atoms with Crippen molar-refractivity contribution >= 4 is 0 Å². The summed E-state index contributed by atoms with van der Waals surface area (Å²) in [6.45, 7) is 6.62. The molecule has 0 heteroatoms. The van der Waals surface area contributed by atoms with Crippen LogP contribution < -0.4 is 0 Å². The van der Waals surface area contributed by atoms with Crippen molar-refractivity contribution in [2.24, 2.45) is 0 Å². The van der Waals surface area contributed by atoms with Gasteiger partial charge < -0.3 is 0 Å². The van der Waals surface area contributed by atoms with E-state index in [9.17, 15) is 0 Å². The first-order chi connectivity index (χ1) is 5.35. The average Bonchev–Trinajstić information content (AvgIpc) is 2.03. The van der Waals surface area contributed by atoms with E-state index in [1.165, 1.54) is 19.3 Å². The fraction of sp³-hybridized carbons (Fsp3) is 0.636. The molecule has 0 aliphatic rings. The third-order valence-corrected chi connectivity index (χ3v) is 1.73. The maximum absolute atomic E-state index is 2.26. The molecule has 0 atom stereocenters. The minimum atomic E-state index is 1.14. The molecule has 0 aromatic rings. The summed E-state index contributed by atoms with van der Waals surface area (Å²) in [6.07, 6.45) is 11.5. The highest BCUT2D eigenvalue weighted by atomic mass is 13.9. The monoisotopic (exact) mass is 152 g/mol. The Bertz CT molecular complexity index is 129. The summed E-state index contributed by atoms with van der Waals surface area (Å²) < 4.78 is 0. The van der Waals surface area contributed by atoms with Crippen LogP contribution in [-0.2, 0) is 0 Å². The van der Waals surface area contributed by atoms with Gasteiger partial charge in [0.1, 0.15) is 0 Å². The zero-order valence-electron chi connectivity index (χ0n) is 8.06. The zero-order chi connectivity index (χ0) is 8.53. The van der Waals surface area contributed by atoms with Gasteiger partial charge in [-0.25, -0.2) is 0 Å². The van der Waals surface area contributed by atoms with E-state index in [1.54, 1.807) is 5.57 Å². The van der Waals surface area contributed by atoms with Crippen molar-refractivity contribution in [3.8, 4) is 0 Å². The predicted molar refractivity (Wildman–Crippen MR) is 52.7 cm³/mol. The normalized spacial score (nSPS) is 12.8. The third-order valence-electron chi connectivity index (χ3n) is 1.73. The molecule has 64 valence electrons. The molecule has 0 bridgehead atoms. The highest BCUT2D eigenvalue weighted by molar-refractivity contribution is 5.11. The third kappa shape index (κ3) is 5.90. The van der Waals surface area contributed by atoms with Gasteiger partial charge in [-0.05, 0) is 19.3 Å². The number of hydrogen-bond donors (Lipinski definition) is 0. The lowest BCUT2D eigenvalue weighted by atomic mass is 10.1. The van der Waals surface area contributed by atoms with Crippen LogP contribution in [0, 0.1) is 0 Å². The van der Waals surface area contributed by atoms with E-state index in [1.807, 2.05) is 0 Å². The van der Waals surface area contributed by atoms with Gasteiger partial charge in [-0.2, -0.15) is 0 Å². The largest absolute Gasteiger partial charge is 0.0848 e.